The minimum Gasteiger partial charge on any atom is -0.396 e. The van der Waals surface area contributed by atoms with Crippen molar-refractivity contribution in [2.45, 2.75) is 31.8 Å². The Kier molecular flexibility index (Phi) is 5.35. The number of carbonyl (C=O) groups excluding carboxylic acids is 2. The number of nitrogens with zero attached hydrogens (tertiary/aromatic N) is 2. The second kappa shape index (κ2) is 7.66. The van der Waals surface area contributed by atoms with E-state index in [1.54, 1.807) is 9.80 Å². The molecular formula is C18H25N3O3. The number of rotatable bonds is 4. The van der Waals surface area contributed by atoms with E-state index in [9.17, 15) is 14.7 Å². The molecule has 3 rings (SSSR count). The van der Waals surface area contributed by atoms with E-state index >= 15 is 0 Å². The molecule has 0 saturated carbocycles. The molecule has 0 aromatic heterocycles. The number of amides is 3. The molecule has 2 aliphatic heterocycles. The van der Waals surface area contributed by atoms with Crippen molar-refractivity contribution in [2.24, 2.45) is 5.92 Å². The van der Waals surface area contributed by atoms with Crippen molar-refractivity contribution >= 4 is 11.9 Å². The molecule has 6 nitrogen and oxygen atoms in total. The lowest BCUT2D eigenvalue weighted by molar-refractivity contribution is -0.128. The summed E-state index contributed by atoms with van der Waals surface area (Å²) in [7, 11) is 0. The van der Waals surface area contributed by atoms with E-state index in [2.05, 4.69) is 5.32 Å². The number of likely N-dealkylation sites (tertiary alicyclic amines) is 2. The highest BCUT2D eigenvalue weighted by molar-refractivity contribution is 5.81. The third-order valence-electron chi connectivity index (χ3n) is 4.82. The zero-order chi connectivity index (χ0) is 16.9. The Bertz CT molecular complexity index is 578. The molecule has 0 aliphatic carbocycles. The molecule has 3 amide bonds. The van der Waals surface area contributed by atoms with Crippen LogP contribution in [0, 0.1) is 5.92 Å². The minimum atomic E-state index is -0.136. The van der Waals surface area contributed by atoms with Crippen molar-refractivity contribution in [2.75, 3.05) is 26.2 Å². The van der Waals surface area contributed by atoms with E-state index < -0.39 is 0 Å². The van der Waals surface area contributed by atoms with Gasteiger partial charge in [-0.1, -0.05) is 30.3 Å². The second-order valence-corrected chi connectivity index (χ2v) is 6.75. The third-order valence-corrected chi connectivity index (χ3v) is 4.82. The molecule has 1 aromatic carbocycles. The summed E-state index contributed by atoms with van der Waals surface area (Å²) in [5, 5.41) is 12.3. The minimum absolute atomic E-state index is 0.0797. The van der Waals surface area contributed by atoms with E-state index in [1.165, 1.54) is 0 Å². The van der Waals surface area contributed by atoms with Gasteiger partial charge in [-0.25, -0.2) is 4.79 Å². The van der Waals surface area contributed by atoms with Crippen LogP contribution in [0.15, 0.2) is 30.3 Å². The van der Waals surface area contributed by atoms with Crippen LogP contribution in [0.25, 0.3) is 0 Å². The maximum atomic E-state index is 12.4. The molecule has 2 N–H and O–H groups in total. The van der Waals surface area contributed by atoms with Gasteiger partial charge >= 0.3 is 6.03 Å². The number of piperidine rings is 1. The van der Waals surface area contributed by atoms with Gasteiger partial charge in [0.1, 0.15) is 0 Å². The number of nitrogens with one attached hydrogen (secondary N) is 1. The first kappa shape index (κ1) is 16.8. The largest absolute Gasteiger partial charge is 0.396 e. The van der Waals surface area contributed by atoms with Crippen LogP contribution in [0.2, 0.25) is 0 Å². The maximum absolute atomic E-state index is 12.4. The molecule has 2 heterocycles. The van der Waals surface area contributed by atoms with Gasteiger partial charge in [0.2, 0.25) is 5.91 Å². The Balaban J connectivity index is 1.51. The van der Waals surface area contributed by atoms with E-state index in [1.807, 2.05) is 30.3 Å². The second-order valence-electron chi connectivity index (χ2n) is 6.75. The molecule has 2 fully saturated rings. The van der Waals surface area contributed by atoms with Gasteiger partial charge in [-0.05, 0) is 24.3 Å². The molecular weight excluding hydrogens is 306 g/mol. The maximum Gasteiger partial charge on any atom is 0.317 e. The van der Waals surface area contributed by atoms with Gasteiger partial charge in [0.25, 0.3) is 0 Å². The number of aliphatic hydroxyl groups is 1. The van der Waals surface area contributed by atoms with E-state index in [0.29, 0.717) is 26.1 Å². The number of urea groups is 1. The number of aliphatic hydroxyl groups excluding tert-OH is 1. The fraction of sp³-hybridized carbons (Fsp3) is 0.556. The van der Waals surface area contributed by atoms with Crippen molar-refractivity contribution in [3.8, 4) is 0 Å². The molecule has 24 heavy (non-hydrogen) atoms. The molecule has 0 spiro atoms. The van der Waals surface area contributed by atoms with E-state index in [4.69, 9.17) is 0 Å². The van der Waals surface area contributed by atoms with Crippen LogP contribution < -0.4 is 5.32 Å². The van der Waals surface area contributed by atoms with E-state index in [0.717, 1.165) is 24.9 Å². The fourth-order valence-corrected chi connectivity index (χ4v) is 3.49. The molecule has 130 valence electrons. The number of hydrogen-bond acceptors (Lipinski definition) is 3. The first-order chi connectivity index (χ1) is 11.7. The number of benzene rings is 1. The third kappa shape index (κ3) is 4.06. The zero-order valence-electron chi connectivity index (χ0n) is 13.9. The summed E-state index contributed by atoms with van der Waals surface area (Å²) in [4.78, 5) is 28.1. The van der Waals surface area contributed by atoms with Crippen LogP contribution in [0.1, 0.15) is 24.8 Å². The molecule has 0 bridgehead atoms. The summed E-state index contributed by atoms with van der Waals surface area (Å²) in [5.41, 5.74) is 1.10. The molecule has 0 radical (unpaired) electrons. The Hall–Kier alpha value is -2.08. The van der Waals surface area contributed by atoms with Crippen molar-refractivity contribution in [1.29, 1.82) is 0 Å². The summed E-state index contributed by atoms with van der Waals surface area (Å²) in [6.07, 6.45) is 2.24. The molecule has 2 saturated heterocycles. The highest BCUT2D eigenvalue weighted by atomic mass is 16.3. The van der Waals surface area contributed by atoms with Crippen molar-refractivity contribution < 1.29 is 14.7 Å². The first-order valence-corrected chi connectivity index (χ1v) is 8.63. The summed E-state index contributed by atoms with van der Waals surface area (Å²) >= 11 is 0. The SMILES string of the molecule is O=C1C[C@H](NC(=O)N2CCC[C@@H](CO)C2)CN1Cc1ccccc1. The Morgan fingerprint density at radius 1 is 1.25 bits per heavy atom. The van der Waals surface area contributed by atoms with Crippen LogP contribution in [0.4, 0.5) is 4.79 Å². The van der Waals surface area contributed by atoms with E-state index in [-0.39, 0.29) is 30.5 Å². The highest BCUT2D eigenvalue weighted by Gasteiger charge is 2.32. The van der Waals surface area contributed by atoms with Gasteiger partial charge in [0.15, 0.2) is 0 Å². The molecule has 6 heteroatoms. The Morgan fingerprint density at radius 3 is 2.79 bits per heavy atom. The normalized spacial score (nSPS) is 24.3. The highest BCUT2D eigenvalue weighted by Crippen LogP contribution is 2.18. The Morgan fingerprint density at radius 2 is 2.04 bits per heavy atom. The molecule has 2 atom stereocenters. The Labute approximate surface area is 142 Å². The van der Waals surface area contributed by atoms with Crippen LogP contribution >= 0.6 is 0 Å². The van der Waals surface area contributed by atoms with Gasteiger partial charge in [-0.3, -0.25) is 4.79 Å². The monoisotopic (exact) mass is 331 g/mol. The number of carbonyl (C=O) groups is 2. The lowest BCUT2D eigenvalue weighted by Gasteiger charge is -2.32. The molecule has 0 unspecified atom stereocenters. The van der Waals surface area contributed by atoms with Gasteiger partial charge in [-0.15, -0.1) is 0 Å². The predicted molar refractivity (Wildman–Crippen MR) is 90.2 cm³/mol. The first-order valence-electron chi connectivity index (χ1n) is 8.63. The average Bonchev–Trinajstić information content (AvgIpc) is 2.95. The van der Waals surface area contributed by atoms with Gasteiger partial charge in [0.05, 0.1) is 6.04 Å². The average molecular weight is 331 g/mol. The van der Waals surface area contributed by atoms with Crippen molar-refractivity contribution in [3.05, 3.63) is 35.9 Å². The topological polar surface area (TPSA) is 72.9 Å². The standard InChI is InChI=1S/C18H25N3O3/c22-13-15-7-4-8-20(11-15)18(24)19-16-9-17(23)21(12-16)10-14-5-2-1-3-6-14/h1-3,5-6,15-16,22H,4,7-13H2,(H,19,24)/t15-,16+/m1/s1. The van der Waals surface area contributed by atoms with Gasteiger partial charge < -0.3 is 20.2 Å². The van der Waals surface area contributed by atoms with Crippen LogP contribution in [0.5, 0.6) is 0 Å². The van der Waals surface area contributed by atoms with Crippen molar-refractivity contribution in [3.63, 3.8) is 0 Å². The lowest BCUT2D eigenvalue weighted by Crippen LogP contribution is -2.49. The lowest BCUT2D eigenvalue weighted by atomic mass is 9.99. The van der Waals surface area contributed by atoms with Gasteiger partial charge in [-0.2, -0.15) is 0 Å². The predicted octanol–water partition coefficient (Wildman–Crippen LogP) is 1.20. The molecule has 2 aliphatic rings. The number of hydrogen-bond donors (Lipinski definition) is 2. The fourth-order valence-electron chi connectivity index (χ4n) is 3.49. The van der Waals surface area contributed by atoms with Gasteiger partial charge in [0, 0.05) is 39.2 Å². The zero-order valence-corrected chi connectivity index (χ0v) is 13.9. The summed E-state index contributed by atoms with van der Waals surface area (Å²) < 4.78 is 0. The van der Waals surface area contributed by atoms with Crippen LogP contribution in [-0.2, 0) is 11.3 Å². The quantitative estimate of drug-likeness (QED) is 0.871. The smallest absolute Gasteiger partial charge is 0.317 e. The van der Waals surface area contributed by atoms with Crippen LogP contribution in [0.3, 0.4) is 0 Å². The summed E-state index contributed by atoms with van der Waals surface area (Å²) in [6, 6.07) is 9.63. The molecule has 1 aromatic rings. The van der Waals surface area contributed by atoms with Crippen molar-refractivity contribution in [1.82, 2.24) is 15.1 Å². The summed E-state index contributed by atoms with van der Waals surface area (Å²) in [6.45, 7) is 2.57. The van der Waals surface area contributed by atoms with Crippen LogP contribution in [-0.4, -0.2) is 59.1 Å². The summed E-state index contributed by atoms with van der Waals surface area (Å²) in [5.74, 6) is 0.250.